The van der Waals surface area contributed by atoms with Crippen LogP contribution in [0.2, 0.25) is 0 Å². The van der Waals surface area contributed by atoms with Crippen LogP contribution in [0.25, 0.3) is 5.65 Å². The molecular weight excluding hydrogens is 333 g/mol. The van der Waals surface area contributed by atoms with E-state index >= 15 is 0 Å². The fraction of sp³-hybridized carbons (Fsp3) is 0.368. The number of fused-ring (bicyclic) bond motifs is 1. The van der Waals surface area contributed by atoms with Gasteiger partial charge in [-0.15, -0.1) is 10.2 Å². The minimum Gasteiger partial charge on any atom is -0.350 e. The molecule has 6 nitrogen and oxygen atoms in total. The first kappa shape index (κ1) is 18.0. The number of rotatable bonds is 5. The maximum absolute atomic E-state index is 13.5. The van der Waals surface area contributed by atoms with Crippen LogP contribution in [0.1, 0.15) is 55.2 Å². The normalized spacial score (nSPS) is 11.9. The highest BCUT2D eigenvalue weighted by molar-refractivity contribution is 5.92. The molecule has 1 aromatic carbocycles. The molecule has 2 heterocycles. The van der Waals surface area contributed by atoms with Crippen LogP contribution in [0.15, 0.2) is 36.7 Å². The van der Waals surface area contributed by atoms with Gasteiger partial charge in [-0.05, 0) is 29.7 Å². The molecule has 0 radical (unpaired) electrons. The predicted octanol–water partition coefficient (Wildman–Crippen LogP) is 3.09. The van der Waals surface area contributed by atoms with Gasteiger partial charge in [0.1, 0.15) is 17.8 Å². The van der Waals surface area contributed by atoms with Crippen LogP contribution >= 0.6 is 0 Å². The van der Waals surface area contributed by atoms with Crippen molar-refractivity contribution in [3.63, 3.8) is 0 Å². The first-order chi connectivity index (χ1) is 12.3. The molecule has 0 spiro atoms. The highest BCUT2D eigenvalue weighted by Crippen LogP contribution is 2.23. The molecule has 26 heavy (non-hydrogen) atoms. The fourth-order valence-corrected chi connectivity index (χ4v) is 2.79. The average Bonchev–Trinajstić information content (AvgIpc) is 3.07. The molecule has 0 fully saturated rings. The maximum Gasteiger partial charge on any atom is 0.271 e. The van der Waals surface area contributed by atoms with E-state index in [1.807, 2.05) is 33.8 Å². The Kier molecular flexibility index (Phi) is 4.71. The number of nitrogens with zero attached hydrogens (tertiary/aromatic N) is 4. The smallest absolute Gasteiger partial charge is 0.271 e. The average molecular weight is 355 g/mol. The molecule has 7 heteroatoms. The molecule has 0 saturated heterocycles. The zero-order valence-electron chi connectivity index (χ0n) is 15.3. The van der Waals surface area contributed by atoms with Crippen LogP contribution in [0.4, 0.5) is 4.39 Å². The van der Waals surface area contributed by atoms with Gasteiger partial charge in [-0.3, -0.25) is 4.79 Å². The van der Waals surface area contributed by atoms with E-state index in [0.29, 0.717) is 17.9 Å². The first-order valence-corrected chi connectivity index (χ1v) is 8.53. The molecular formula is C19H22FN5O. The number of nitrogens with one attached hydrogen (secondary N) is 1. The second kappa shape index (κ2) is 6.82. The van der Waals surface area contributed by atoms with Crippen molar-refractivity contribution in [1.82, 2.24) is 25.1 Å². The van der Waals surface area contributed by atoms with Crippen molar-refractivity contribution in [2.75, 3.05) is 6.54 Å². The van der Waals surface area contributed by atoms with Gasteiger partial charge in [0.25, 0.3) is 5.91 Å². The number of hydrogen-bond donors (Lipinski definition) is 1. The van der Waals surface area contributed by atoms with Gasteiger partial charge in [0.05, 0.1) is 0 Å². The minimum absolute atomic E-state index is 0.181. The molecule has 0 aliphatic heterocycles. The number of amides is 1. The third-order valence-corrected chi connectivity index (χ3v) is 4.45. The zero-order chi connectivity index (χ0) is 18.9. The number of carbonyl (C=O) groups excluding carboxylic acids is 1. The summed E-state index contributed by atoms with van der Waals surface area (Å²) in [7, 11) is 0. The van der Waals surface area contributed by atoms with E-state index in [1.165, 1.54) is 23.0 Å². The van der Waals surface area contributed by atoms with Crippen LogP contribution in [-0.2, 0) is 5.41 Å². The summed E-state index contributed by atoms with van der Waals surface area (Å²) in [6.45, 7) is 8.32. The number of halogens is 1. The molecule has 0 atom stereocenters. The Balaban J connectivity index is 1.81. The van der Waals surface area contributed by atoms with E-state index in [9.17, 15) is 9.18 Å². The summed E-state index contributed by atoms with van der Waals surface area (Å²) in [6.07, 6.45) is 1.48. The Morgan fingerprint density at radius 3 is 2.77 bits per heavy atom. The monoisotopic (exact) mass is 355 g/mol. The summed E-state index contributed by atoms with van der Waals surface area (Å²) >= 11 is 0. The van der Waals surface area contributed by atoms with Gasteiger partial charge in [-0.1, -0.05) is 39.8 Å². The fourth-order valence-electron chi connectivity index (χ4n) is 2.79. The lowest BCUT2D eigenvalue weighted by Gasteiger charge is -2.25. The van der Waals surface area contributed by atoms with Gasteiger partial charge in [0.2, 0.25) is 0 Å². The van der Waals surface area contributed by atoms with Crippen LogP contribution in [0.3, 0.4) is 0 Å². The van der Waals surface area contributed by atoms with Crippen molar-refractivity contribution in [3.05, 3.63) is 59.3 Å². The van der Waals surface area contributed by atoms with E-state index < -0.39 is 5.41 Å². The second-order valence-corrected chi connectivity index (χ2v) is 7.32. The number of hydrogen-bond acceptors (Lipinski definition) is 4. The zero-order valence-corrected chi connectivity index (χ0v) is 15.3. The van der Waals surface area contributed by atoms with Crippen molar-refractivity contribution in [2.45, 2.75) is 39.0 Å². The van der Waals surface area contributed by atoms with E-state index in [1.54, 1.807) is 12.1 Å². The van der Waals surface area contributed by atoms with Crippen molar-refractivity contribution < 1.29 is 9.18 Å². The van der Waals surface area contributed by atoms with Crippen molar-refractivity contribution in [3.8, 4) is 0 Å². The summed E-state index contributed by atoms with van der Waals surface area (Å²) in [6, 6.07) is 8.17. The molecule has 136 valence electrons. The third kappa shape index (κ3) is 3.56. The highest BCUT2D eigenvalue weighted by atomic mass is 19.1. The molecule has 3 aromatic rings. The van der Waals surface area contributed by atoms with Gasteiger partial charge in [0.15, 0.2) is 5.65 Å². The SMILES string of the molecule is CC(C)c1cc(C(=O)NCC(C)(C)c2cccc(F)c2)nn2cnnc12. The van der Waals surface area contributed by atoms with Gasteiger partial charge < -0.3 is 5.32 Å². The van der Waals surface area contributed by atoms with E-state index in [-0.39, 0.29) is 17.6 Å². The molecule has 0 aliphatic carbocycles. The third-order valence-electron chi connectivity index (χ3n) is 4.45. The standard InChI is InChI=1S/C19H22FN5O/c1-12(2)15-9-16(24-25-11-22-23-17(15)25)18(26)21-10-19(3,4)13-6-5-7-14(20)8-13/h5-9,11-12H,10H2,1-4H3,(H,21,26). The first-order valence-electron chi connectivity index (χ1n) is 8.53. The molecule has 0 unspecified atom stereocenters. The van der Waals surface area contributed by atoms with Gasteiger partial charge in [0, 0.05) is 17.5 Å². The van der Waals surface area contributed by atoms with E-state index in [4.69, 9.17) is 0 Å². The minimum atomic E-state index is -0.417. The molecule has 0 bridgehead atoms. The Morgan fingerprint density at radius 1 is 1.31 bits per heavy atom. The quantitative estimate of drug-likeness (QED) is 0.763. The lowest BCUT2D eigenvalue weighted by Crippen LogP contribution is -2.37. The van der Waals surface area contributed by atoms with Gasteiger partial charge >= 0.3 is 0 Å². The second-order valence-electron chi connectivity index (χ2n) is 7.32. The van der Waals surface area contributed by atoms with E-state index in [0.717, 1.165) is 11.1 Å². The summed E-state index contributed by atoms with van der Waals surface area (Å²) in [5.41, 5.74) is 2.27. The van der Waals surface area contributed by atoms with Crippen molar-refractivity contribution in [2.24, 2.45) is 0 Å². The Bertz CT molecular complexity index is 948. The Hall–Kier alpha value is -2.83. The molecule has 1 amide bonds. The summed E-state index contributed by atoms with van der Waals surface area (Å²) in [5.74, 6) is -0.393. The summed E-state index contributed by atoms with van der Waals surface area (Å²) in [5, 5.41) is 15.1. The van der Waals surface area contributed by atoms with Crippen LogP contribution in [0, 0.1) is 5.82 Å². The molecule has 2 aromatic heterocycles. The molecule has 0 aliphatic rings. The molecule has 3 rings (SSSR count). The predicted molar refractivity (Wildman–Crippen MR) is 96.6 cm³/mol. The summed E-state index contributed by atoms with van der Waals surface area (Å²) in [4.78, 5) is 12.6. The largest absolute Gasteiger partial charge is 0.350 e. The maximum atomic E-state index is 13.5. The highest BCUT2D eigenvalue weighted by Gasteiger charge is 2.23. The van der Waals surface area contributed by atoms with Gasteiger partial charge in [-0.25, -0.2) is 4.39 Å². The Morgan fingerprint density at radius 2 is 2.08 bits per heavy atom. The number of aromatic nitrogens is 4. The van der Waals surface area contributed by atoms with Gasteiger partial charge in [-0.2, -0.15) is 9.61 Å². The van der Waals surface area contributed by atoms with Crippen LogP contribution < -0.4 is 5.32 Å². The van der Waals surface area contributed by atoms with E-state index in [2.05, 4.69) is 20.6 Å². The Labute approximate surface area is 151 Å². The van der Waals surface area contributed by atoms with Crippen LogP contribution in [-0.4, -0.2) is 32.3 Å². The lowest BCUT2D eigenvalue weighted by molar-refractivity contribution is 0.0939. The van der Waals surface area contributed by atoms with Crippen molar-refractivity contribution in [1.29, 1.82) is 0 Å². The molecule has 1 N–H and O–H groups in total. The lowest BCUT2D eigenvalue weighted by atomic mass is 9.84. The number of carbonyl (C=O) groups is 1. The summed E-state index contributed by atoms with van der Waals surface area (Å²) < 4.78 is 15.0. The molecule has 0 saturated carbocycles. The number of benzene rings is 1. The topological polar surface area (TPSA) is 72.2 Å². The van der Waals surface area contributed by atoms with Crippen molar-refractivity contribution >= 4 is 11.6 Å². The van der Waals surface area contributed by atoms with Crippen LogP contribution in [0.5, 0.6) is 0 Å².